The van der Waals surface area contributed by atoms with E-state index in [-0.39, 0.29) is 0 Å². The van der Waals surface area contributed by atoms with Crippen molar-refractivity contribution in [3.8, 4) is 0 Å². The fourth-order valence-electron chi connectivity index (χ4n) is 1.62. The third-order valence-electron chi connectivity index (χ3n) is 2.08. The van der Waals surface area contributed by atoms with E-state index in [9.17, 15) is 4.57 Å². The SMILES string of the molecule is CP(=O)(O)C[NH+]1CCCCC1. The lowest BCUT2D eigenvalue weighted by Crippen LogP contribution is -3.12. The van der Waals surface area contributed by atoms with Crippen molar-refractivity contribution in [2.45, 2.75) is 19.3 Å². The fraction of sp³-hybridized carbons (Fsp3) is 1.00. The molecule has 0 radical (unpaired) electrons. The number of likely N-dealkylation sites (tertiary alicyclic amines) is 1. The summed E-state index contributed by atoms with van der Waals surface area (Å²) in [6, 6.07) is 0. The molecule has 1 aliphatic heterocycles. The number of rotatable bonds is 2. The van der Waals surface area contributed by atoms with Crippen LogP contribution in [0.4, 0.5) is 0 Å². The van der Waals surface area contributed by atoms with Crippen LogP contribution >= 0.6 is 7.37 Å². The molecule has 66 valence electrons. The van der Waals surface area contributed by atoms with E-state index in [1.165, 1.54) is 30.8 Å². The van der Waals surface area contributed by atoms with Crippen LogP contribution in [0.1, 0.15) is 19.3 Å². The maximum Gasteiger partial charge on any atom is 0.250 e. The first-order valence-electron chi connectivity index (χ1n) is 4.21. The van der Waals surface area contributed by atoms with Gasteiger partial charge in [-0.25, -0.2) is 0 Å². The normalized spacial score (nSPS) is 26.4. The van der Waals surface area contributed by atoms with E-state index < -0.39 is 7.37 Å². The Balaban J connectivity index is 2.30. The molecule has 2 N–H and O–H groups in total. The molecule has 0 aromatic rings. The zero-order valence-electron chi connectivity index (χ0n) is 7.05. The summed E-state index contributed by atoms with van der Waals surface area (Å²) in [5, 5.41) is 0. The van der Waals surface area contributed by atoms with Gasteiger partial charge in [0.15, 0.2) is 6.29 Å². The van der Waals surface area contributed by atoms with E-state index in [2.05, 4.69) is 0 Å². The van der Waals surface area contributed by atoms with Gasteiger partial charge in [-0.3, -0.25) is 4.57 Å². The Labute approximate surface area is 67.9 Å². The maximum absolute atomic E-state index is 11.0. The molecule has 1 aliphatic rings. The first-order chi connectivity index (χ1) is 5.08. The Kier molecular flexibility index (Phi) is 3.11. The zero-order chi connectivity index (χ0) is 8.32. The first kappa shape index (κ1) is 9.24. The van der Waals surface area contributed by atoms with Crippen molar-refractivity contribution < 1.29 is 14.4 Å². The first-order valence-corrected chi connectivity index (χ1v) is 6.50. The molecule has 1 unspecified atom stereocenters. The lowest BCUT2D eigenvalue weighted by molar-refractivity contribution is -0.893. The molecule has 1 heterocycles. The third-order valence-corrected chi connectivity index (χ3v) is 3.11. The van der Waals surface area contributed by atoms with E-state index >= 15 is 0 Å². The molecule has 0 aromatic carbocycles. The summed E-state index contributed by atoms with van der Waals surface area (Å²) in [6.07, 6.45) is 4.20. The van der Waals surface area contributed by atoms with Crippen LogP contribution in [0, 0.1) is 0 Å². The zero-order valence-corrected chi connectivity index (χ0v) is 7.94. The third kappa shape index (κ3) is 3.90. The number of piperidine rings is 1. The minimum atomic E-state index is -2.77. The van der Waals surface area contributed by atoms with Crippen LogP contribution in [-0.4, -0.2) is 30.9 Å². The predicted molar refractivity (Wildman–Crippen MR) is 45.2 cm³/mol. The lowest BCUT2D eigenvalue weighted by atomic mass is 10.1. The van der Waals surface area contributed by atoms with Crippen LogP contribution in [0.25, 0.3) is 0 Å². The molecule has 0 saturated carbocycles. The monoisotopic (exact) mass is 178 g/mol. The minimum absolute atomic E-state index is 0.465. The van der Waals surface area contributed by atoms with Crippen molar-refractivity contribution >= 4 is 7.37 Å². The van der Waals surface area contributed by atoms with Gasteiger partial charge in [-0.15, -0.1) is 0 Å². The van der Waals surface area contributed by atoms with Gasteiger partial charge in [-0.05, 0) is 19.3 Å². The van der Waals surface area contributed by atoms with Gasteiger partial charge in [-0.2, -0.15) is 0 Å². The molecule has 0 amide bonds. The van der Waals surface area contributed by atoms with Crippen LogP contribution in [0.2, 0.25) is 0 Å². The lowest BCUT2D eigenvalue weighted by Gasteiger charge is -2.24. The second kappa shape index (κ2) is 3.70. The highest BCUT2D eigenvalue weighted by molar-refractivity contribution is 7.56. The summed E-state index contributed by atoms with van der Waals surface area (Å²) >= 11 is 0. The molecule has 0 spiro atoms. The second-order valence-electron chi connectivity index (χ2n) is 3.52. The minimum Gasteiger partial charge on any atom is -0.341 e. The fourth-order valence-corrected chi connectivity index (χ4v) is 2.77. The van der Waals surface area contributed by atoms with Crippen LogP contribution in [0.5, 0.6) is 0 Å². The van der Waals surface area contributed by atoms with Crippen LogP contribution in [0.3, 0.4) is 0 Å². The van der Waals surface area contributed by atoms with Gasteiger partial charge in [0.1, 0.15) is 0 Å². The quantitative estimate of drug-likeness (QED) is 0.580. The summed E-state index contributed by atoms with van der Waals surface area (Å²) in [6.45, 7) is 3.62. The van der Waals surface area contributed by atoms with Gasteiger partial charge in [-0.1, -0.05) is 0 Å². The highest BCUT2D eigenvalue weighted by atomic mass is 31.2. The van der Waals surface area contributed by atoms with Crippen molar-refractivity contribution in [2.24, 2.45) is 0 Å². The van der Waals surface area contributed by atoms with E-state index in [0.717, 1.165) is 13.1 Å². The largest absolute Gasteiger partial charge is 0.341 e. The van der Waals surface area contributed by atoms with Crippen molar-refractivity contribution in [1.82, 2.24) is 0 Å². The van der Waals surface area contributed by atoms with Gasteiger partial charge >= 0.3 is 0 Å². The smallest absolute Gasteiger partial charge is 0.250 e. The Bertz CT molecular complexity index is 160. The summed E-state index contributed by atoms with van der Waals surface area (Å²) < 4.78 is 11.0. The van der Waals surface area contributed by atoms with E-state index in [1.54, 1.807) is 0 Å². The standard InChI is InChI=1S/C7H16NO2P/c1-11(9,10)7-8-5-3-2-4-6-8/h2-7H2,1H3,(H,9,10)/p+1. The van der Waals surface area contributed by atoms with Crippen LogP contribution in [0.15, 0.2) is 0 Å². The van der Waals surface area contributed by atoms with Gasteiger partial charge < -0.3 is 9.79 Å². The summed E-state index contributed by atoms with van der Waals surface area (Å²) in [7, 11) is -2.77. The van der Waals surface area contributed by atoms with E-state index in [4.69, 9.17) is 4.89 Å². The predicted octanol–water partition coefficient (Wildman–Crippen LogP) is -0.0871. The Morgan fingerprint density at radius 1 is 1.36 bits per heavy atom. The molecular formula is C7H17NO2P+. The topological polar surface area (TPSA) is 41.7 Å². The summed E-state index contributed by atoms with van der Waals surface area (Å²) in [5.74, 6) is 0. The Hall–Kier alpha value is 0.150. The van der Waals surface area contributed by atoms with Crippen molar-refractivity contribution in [3.05, 3.63) is 0 Å². The number of nitrogens with one attached hydrogen (secondary N) is 1. The Morgan fingerprint density at radius 3 is 2.36 bits per heavy atom. The summed E-state index contributed by atoms with van der Waals surface area (Å²) in [5.41, 5.74) is 0. The molecule has 1 atom stereocenters. The molecule has 0 aliphatic carbocycles. The number of quaternary nitrogens is 1. The summed E-state index contributed by atoms with van der Waals surface area (Å²) in [4.78, 5) is 10.4. The molecule has 11 heavy (non-hydrogen) atoms. The molecule has 3 nitrogen and oxygen atoms in total. The molecule has 1 saturated heterocycles. The molecule has 0 aromatic heterocycles. The van der Waals surface area contributed by atoms with Crippen molar-refractivity contribution in [1.29, 1.82) is 0 Å². The molecule has 1 rings (SSSR count). The van der Waals surface area contributed by atoms with Crippen molar-refractivity contribution in [3.63, 3.8) is 0 Å². The van der Waals surface area contributed by atoms with Gasteiger partial charge in [0, 0.05) is 6.66 Å². The van der Waals surface area contributed by atoms with E-state index in [1.807, 2.05) is 0 Å². The number of hydrogen-bond donors (Lipinski definition) is 2. The second-order valence-corrected chi connectivity index (χ2v) is 5.94. The Morgan fingerprint density at radius 2 is 1.91 bits per heavy atom. The average molecular weight is 178 g/mol. The molecule has 1 fully saturated rings. The molecule has 4 heteroatoms. The maximum atomic E-state index is 11.0. The molecule has 0 bridgehead atoms. The average Bonchev–Trinajstić information content (AvgIpc) is 1.85. The highest BCUT2D eigenvalue weighted by Gasteiger charge is 2.21. The van der Waals surface area contributed by atoms with Gasteiger partial charge in [0.05, 0.1) is 13.1 Å². The molecular weight excluding hydrogens is 161 g/mol. The highest BCUT2D eigenvalue weighted by Crippen LogP contribution is 2.31. The van der Waals surface area contributed by atoms with E-state index in [0.29, 0.717) is 6.29 Å². The van der Waals surface area contributed by atoms with Gasteiger partial charge in [0.25, 0.3) is 0 Å². The van der Waals surface area contributed by atoms with Crippen LogP contribution < -0.4 is 4.90 Å². The number of hydrogen-bond acceptors (Lipinski definition) is 1. The van der Waals surface area contributed by atoms with Crippen LogP contribution in [-0.2, 0) is 4.57 Å². The van der Waals surface area contributed by atoms with Crippen molar-refractivity contribution in [2.75, 3.05) is 26.0 Å². The van der Waals surface area contributed by atoms with Gasteiger partial charge in [0.2, 0.25) is 7.37 Å².